The van der Waals surface area contributed by atoms with Crippen molar-refractivity contribution in [2.24, 2.45) is 0 Å². The zero-order valence-corrected chi connectivity index (χ0v) is 9.29. The van der Waals surface area contributed by atoms with Gasteiger partial charge in [-0.1, -0.05) is 6.92 Å². The minimum atomic E-state index is 0.299. The molecule has 3 nitrogen and oxygen atoms in total. The minimum absolute atomic E-state index is 0.299. The summed E-state index contributed by atoms with van der Waals surface area (Å²) in [5.74, 6) is 0.622. The van der Waals surface area contributed by atoms with Crippen LogP contribution in [0.2, 0.25) is 0 Å². The molecule has 3 N–H and O–H groups in total. The van der Waals surface area contributed by atoms with Gasteiger partial charge >= 0.3 is 0 Å². The van der Waals surface area contributed by atoms with Gasteiger partial charge in [0.2, 0.25) is 0 Å². The van der Waals surface area contributed by atoms with Crippen molar-refractivity contribution in [1.82, 2.24) is 10.3 Å². The van der Waals surface area contributed by atoms with E-state index in [-0.39, 0.29) is 0 Å². The maximum atomic E-state index is 5.69. The fourth-order valence-corrected chi connectivity index (χ4v) is 2.44. The summed E-state index contributed by atoms with van der Waals surface area (Å²) in [7, 11) is 0. The van der Waals surface area contributed by atoms with Crippen molar-refractivity contribution in [3.63, 3.8) is 0 Å². The van der Waals surface area contributed by atoms with E-state index in [1.54, 1.807) is 6.20 Å². The molecule has 0 aromatic carbocycles. The van der Waals surface area contributed by atoms with E-state index < -0.39 is 0 Å². The Labute approximate surface area is 91.1 Å². The van der Waals surface area contributed by atoms with Crippen molar-refractivity contribution >= 4 is 5.82 Å². The van der Waals surface area contributed by atoms with Crippen molar-refractivity contribution in [2.45, 2.75) is 38.1 Å². The van der Waals surface area contributed by atoms with Gasteiger partial charge in [0.1, 0.15) is 5.82 Å². The van der Waals surface area contributed by atoms with Crippen LogP contribution in [0.25, 0.3) is 0 Å². The Bertz CT molecular complexity index is 329. The first-order chi connectivity index (χ1) is 7.24. The number of aromatic nitrogens is 1. The minimum Gasteiger partial charge on any atom is -0.384 e. The molecule has 3 heteroatoms. The molecule has 1 atom stereocenters. The zero-order chi connectivity index (χ0) is 10.7. The third kappa shape index (κ3) is 2.29. The van der Waals surface area contributed by atoms with Crippen molar-refractivity contribution in [1.29, 1.82) is 0 Å². The highest BCUT2D eigenvalue weighted by molar-refractivity contribution is 5.32. The molecule has 1 unspecified atom stereocenters. The van der Waals surface area contributed by atoms with Crippen LogP contribution in [0.3, 0.4) is 0 Å². The first kappa shape index (κ1) is 10.4. The molecule has 1 saturated heterocycles. The molecule has 0 spiro atoms. The molecule has 0 bridgehead atoms. The predicted molar refractivity (Wildman–Crippen MR) is 62.6 cm³/mol. The van der Waals surface area contributed by atoms with Crippen LogP contribution in [0.1, 0.15) is 31.7 Å². The molecular formula is C12H19N3. The maximum absolute atomic E-state index is 5.69. The predicted octanol–water partition coefficient (Wildman–Crippen LogP) is 1.74. The highest BCUT2D eigenvalue weighted by atomic mass is 15.0. The lowest BCUT2D eigenvalue weighted by molar-refractivity contribution is 0.360. The molecule has 0 amide bonds. The summed E-state index contributed by atoms with van der Waals surface area (Å²) >= 11 is 0. The Morgan fingerprint density at radius 2 is 2.47 bits per heavy atom. The highest BCUT2D eigenvalue weighted by Gasteiger charge is 2.31. The standard InChI is InChI=1S/C12H19N3/c1-2-12(5-3-6-15-12)9-10-4-7-14-11(13)8-10/h4,7-8,15H,2-3,5-6,9H2,1H3,(H2,13,14). The molecule has 15 heavy (non-hydrogen) atoms. The lowest BCUT2D eigenvalue weighted by Gasteiger charge is -2.28. The lowest BCUT2D eigenvalue weighted by Crippen LogP contribution is -2.41. The third-order valence-electron chi connectivity index (χ3n) is 3.40. The van der Waals surface area contributed by atoms with Gasteiger partial charge in [-0.15, -0.1) is 0 Å². The van der Waals surface area contributed by atoms with Crippen molar-refractivity contribution in [3.05, 3.63) is 23.9 Å². The number of nitrogen functional groups attached to an aromatic ring is 1. The maximum Gasteiger partial charge on any atom is 0.123 e. The van der Waals surface area contributed by atoms with Gasteiger partial charge in [-0.2, -0.15) is 0 Å². The molecule has 1 aromatic rings. The Kier molecular flexibility index (Phi) is 2.91. The van der Waals surface area contributed by atoms with Crippen LogP contribution in [0.4, 0.5) is 5.82 Å². The van der Waals surface area contributed by atoms with Crippen LogP contribution in [0, 0.1) is 0 Å². The number of rotatable bonds is 3. The molecule has 0 aliphatic carbocycles. The SMILES string of the molecule is CCC1(Cc2ccnc(N)c2)CCCN1. The van der Waals surface area contributed by atoms with Crippen LogP contribution in [-0.4, -0.2) is 17.1 Å². The number of pyridine rings is 1. The fourth-order valence-electron chi connectivity index (χ4n) is 2.44. The normalized spacial score (nSPS) is 25.7. The fraction of sp³-hybridized carbons (Fsp3) is 0.583. The van der Waals surface area contributed by atoms with E-state index in [9.17, 15) is 0 Å². The van der Waals surface area contributed by atoms with E-state index in [1.165, 1.54) is 24.8 Å². The van der Waals surface area contributed by atoms with Crippen LogP contribution in [-0.2, 0) is 6.42 Å². The van der Waals surface area contributed by atoms with E-state index in [0.29, 0.717) is 11.4 Å². The zero-order valence-electron chi connectivity index (χ0n) is 9.29. The largest absolute Gasteiger partial charge is 0.384 e. The Hall–Kier alpha value is -1.09. The molecule has 82 valence electrons. The van der Waals surface area contributed by atoms with Gasteiger partial charge in [-0.3, -0.25) is 0 Å². The first-order valence-corrected chi connectivity index (χ1v) is 5.69. The number of nitrogens with zero attached hydrogens (tertiary/aromatic N) is 1. The van der Waals surface area contributed by atoms with Gasteiger partial charge in [0.05, 0.1) is 0 Å². The van der Waals surface area contributed by atoms with Gasteiger partial charge in [-0.25, -0.2) is 4.98 Å². The second-order valence-electron chi connectivity index (χ2n) is 4.43. The number of hydrogen-bond donors (Lipinski definition) is 2. The second-order valence-corrected chi connectivity index (χ2v) is 4.43. The van der Waals surface area contributed by atoms with Crippen LogP contribution < -0.4 is 11.1 Å². The van der Waals surface area contributed by atoms with Gasteiger partial charge in [0.25, 0.3) is 0 Å². The van der Waals surface area contributed by atoms with E-state index >= 15 is 0 Å². The van der Waals surface area contributed by atoms with E-state index in [0.717, 1.165) is 13.0 Å². The monoisotopic (exact) mass is 205 g/mol. The highest BCUT2D eigenvalue weighted by Crippen LogP contribution is 2.27. The third-order valence-corrected chi connectivity index (χ3v) is 3.40. The molecular weight excluding hydrogens is 186 g/mol. The molecule has 0 saturated carbocycles. The van der Waals surface area contributed by atoms with Crippen molar-refractivity contribution in [2.75, 3.05) is 12.3 Å². The van der Waals surface area contributed by atoms with E-state index in [4.69, 9.17) is 5.73 Å². The lowest BCUT2D eigenvalue weighted by atomic mass is 9.87. The molecule has 1 aliphatic rings. The van der Waals surface area contributed by atoms with Crippen LogP contribution in [0.5, 0.6) is 0 Å². The van der Waals surface area contributed by atoms with Crippen LogP contribution >= 0.6 is 0 Å². The van der Waals surface area contributed by atoms with Gasteiger partial charge < -0.3 is 11.1 Å². The number of hydrogen-bond acceptors (Lipinski definition) is 3. The second kappa shape index (κ2) is 4.19. The summed E-state index contributed by atoms with van der Waals surface area (Å²) in [4.78, 5) is 4.02. The topological polar surface area (TPSA) is 50.9 Å². The summed E-state index contributed by atoms with van der Waals surface area (Å²) in [6.45, 7) is 3.40. The molecule has 2 heterocycles. The summed E-state index contributed by atoms with van der Waals surface area (Å²) < 4.78 is 0. The number of nitrogens with one attached hydrogen (secondary N) is 1. The summed E-state index contributed by atoms with van der Waals surface area (Å²) in [5, 5.41) is 3.63. The van der Waals surface area contributed by atoms with E-state index in [1.807, 2.05) is 6.07 Å². The molecule has 1 aromatic heterocycles. The van der Waals surface area contributed by atoms with Crippen molar-refractivity contribution < 1.29 is 0 Å². The first-order valence-electron chi connectivity index (χ1n) is 5.69. The Balaban J connectivity index is 2.12. The number of anilines is 1. The van der Waals surface area contributed by atoms with Crippen molar-refractivity contribution in [3.8, 4) is 0 Å². The van der Waals surface area contributed by atoms with Gasteiger partial charge in [0, 0.05) is 11.7 Å². The average molecular weight is 205 g/mol. The number of nitrogens with two attached hydrogens (primary N) is 1. The average Bonchev–Trinajstić information content (AvgIpc) is 2.67. The molecule has 2 rings (SSSR count). The summed E-state index contributed by atoms with van der Waals surface area (Å²) in [5.41, 5.74) is 7.28. The van der Waals surface area contributed by atoms with Crippen LogP contribution in [0.15, 0.2) is 18.3 Å². The summed E-state index contributed by atoms with van der Waals surface area (Å²) in [6, 6.07) is 4.05. The van der Waals surface area contributed by atoms with E-state index in [2.05, 4.69) is 23.3 Å². The molecule has 1 aliphatic heterocycles. The quantitative estimate of drug-likeness (QED) is 0.790. The van der Waals surface area contributed by atoms with Gasteiger partial charge in [0.15, 0.2) is 0 Å². The smallest absolute Gasteiger partial charge is 0.123 e. The Morgan fingerprint density at radius 3 is 3.07 bits per heavy atom. The molecule has 1 fully saturated rings. The molecule has 0 radical (unpaired) electrons. The summed E-state index contributed by atoms with van der Waals surface area (Å²) in [6.07, 6.45) is 6.59. The Morgan fingerprint density at radius 1 is 1.60 bits per heavy atom. The van der Waals surface area contributed by atoms with Gasteiger partial charge in [-0.05, 0) is 49.9 Å².